The van der Waals surface area contributed by atoms with Gasteiger partial charge in [-0.1, -0.05) is 61.7 Å². The lowest BCUT2D eigenvalue weighted by Gasteiger charge is -2.23. The number of thioether (sulfide) groups is 1. The molecule has 0 bridgehead atoms. The van der Waals surface area contributed by atoms with Crippen molar-refractivity contribution >= 4 is 58.3 Å². The maximum Gasteiger partial charge on any atom is 0.261 e. The molecular weight excluding hydrogens is 653 g/mol. The van der Waals surface area contributed by atoms with Gasteiger partial charge in [-0.2, -0.15) is 0 Å². The number of carbonyl (C=O) groups is 2. The van der Waals surface area contributed by atoms with Gasteiger partial charge in [-0.15, -0.1) is 11.8 Å². The minimum Gasteiger partial charge on any atom is -0.350 e. The molecule has 9 heteroatoms. The van der Waals surface area contributed by atoms with Gasteiger partial charge in [0, 0.05) is 81.3 Å². The molecule has 0 saturated heterocycles. The highest BCUT2D eigenvalue weighted by atomic mass is 32.2. The van der Waals surface area contributed by atoms with Crippen LogP contribution in [0.4, 0.5) is 0 Å². The van der Waals surface area contributed by atoms with Crippen molar-refractivity contribution < 1.29 is 9.59 Å². The van der Waals surface area contributed by atoms with Crippen LogP contribution >= 0.6 is 35.7 Å². The molecule has 3 N–H and O–H groups in total. The summed E-state index contributed by atoms with van der Waals surface area (Å²) in [6.07, 6.45) is 7.28. The highest BCUT2D eigenvalue weighted by Gasteiger charge is 2.25. The molecule has 1 aliphatic rings. The van der Waals surface area contributed by atoms with E-state index in [9.17, 15) is 9.59 Å². The lowest BCUT2D eigenvalue weighted by Crippen LogP contribution is -2.25. The van der Waals surface area contributed by atoms with Gasteiger partial charge >= 0.3 is 0 Å². The Kier molecular flexibility index (Phi) is 12.0. The molecule has 1 amide bonds. The van der Waals surface area contributed by atoms with Crippen LogP contribution in [0.25, 0.3) is 10.9 Å². The summed E-state index contributed by atoms with van der Waals surface area (Å²) in [5, 5.41) is 6.59. The van der Waals surface area contributed by atoms with Crippen LogP contribution in [0.2, 0.25) is 0 Å². The number of carbonyl (C=O) groups excluding carboxylic acids is 2. The molecule has 0 atom stereocenters. The van der Waals surface area contributed by atoms with Gasteiger partial charge < -0.3 is 4.57 Å². The third-order valence-corrected chi connectivity index (χ3v) is 11.3. The molecule has 0 radical (unpaired) electrons. The Morgan fingerprint density at radius 3 is 2.17 bits per heavy atom. The summed E-state index contributed by atoms with van der Waals surface area (Å²) in [7, 11) is 1.96. The van der Waals surface area contributed by atoms with E-state index in [1.54, 1.807) is 0 Å². The van der Waals surface area contributed by atoms with Crippen LogP contribution in [0, 0.1) is 5.92 Å². The van der Waals surface area contributed by atoms with Gasteiger partial charge in [-0.25, -0.2) is 0 Å². The van der Waals surface area contributed by atoms with Crippen LogP contribution in [0.15, 0.2) is 118 Å². The smallest absolute Gasteiger partial charge is 0.261 e. The summed E-state index contributed by atoms with van der Waals surface area (Å²) in [4.78, 5) is 32.4. The van der Waals surface area contributed by atoms with E-state index in [-0.39, 0.29) is 17.6 Å². The fourth-order valence-corrected chi connectivity index (χ4v) is 8.18. The number of nitrogens with zero attached hydrogens (tertiary/aromatic N) is 2. The zero-order chi connectivity index (χ0) is 33.3. The number of hydrogen-bond donors (Lipinski definition) is 2. The quantitative estimate of drug-likeness (QED) is 0.0682. The minimum atomic E-state index is -0.174. The van der Waals surface area contributed by atoms with Crippen LogP contribution in [0.1, 0.15) is 63.9 Å². The average Bonchev–Trinajstić information content (AvgIpc) is 3.47. The molecule has 0 spiro atoms. The Morgan fingerprint density at radius 1 is 0.833 bits per heavy atom. The van der Waals surface area contributed by atoms with Crippen molar-refractivity contribution in [3.63, 3.8) is 0 Å². The van der Waals surface area contributed by atoms with Gasteiger partial charge in [0.1, 0.15) is 0 Å². The second-order valence-corrected chi connectivity index (χ2v) is 15.2. The van der Waals surface area contributed by atoms with E-state index >= 15 is 0 Å². The van der Waals surface area contributed by atoms with Crippen LogP contribution < -0.4 is 9.86 Å². The monoisotopic (exact) mass is 694 g/mol. The summed E-state index contributed by atoms with van der Waals surface area (Å²) in [6.45, 7) is 2.61. The standard InChI is InChI=1S/C39H42N4O2S3/c1-42-27-36(38(44)30-8-4-2-5-9-30)35-24-31(16-21-37(35)42)39(45)41-48-34-19-14-29(15-20-34)26-43(22-23-46-32-10-6-3-7-11-32)25-28-12-17-33(47-40)18-13-28/h3,6-7,10-21,24,27,30H,2,4-5,8-9,22-23,25-26,40H2,1H3,(H,41,45). The normalized spacial score (nSPS) is 13.6. The molecule has 1 aliphatic carbocycles. The van der Waals surface area contributed by atoms with Crippen molar-refractivity contribution in [2.45, 2.75) is 59.9 Å². The van der Waals surface area contributed by atoms with E-state index in [4.69, 9.17) is 5.14 Å². The summed E-state index contributed by atoms with van der Waals surface area (Å²) in [5.74, 6) is 1.12. The third-order valence-electron chi connectivity index (χ3n) is 8.97. The van der Waals surface area contributed by atoms with Crippen molar-refractivity contribution in [1.29, 1.82) is 0 Å². The summed E-state index contributed by atoms with van der Waals surface area (Å²) >= 11 is 4.45. The number of aryl methyl sites for hydroxylation is 1. The second-order valence-electron chi connectivity index (χ2n) is 12.4. The Balaban J connectivity index is 1.08. The van der Waals surface area contributed by atoms with E-state index in [1.165, 1.54) is 46.3 Å². The number of benzene rings is 4. The van der Waals surface area contributed by atoms with E-state index < -0.39 is 0 Å². The highest BCUT2D eigenvalue weighted by Crippen LogP contribution is 2.31. The predicted octanol–water partition coefficient (Wildman–Crippen LogP) is 9.14. The summed E-state index contributed by atoms with van der Waals surface area (Å²) < 4.78 is 5.00. The molecule has 5 aromatic rings. The van der Waals surface area contributed by atoms with Crippen LogP contribution in [-0.4, -0.2) is 33.5 Å². The van der Waals surface area contributed by atoms with E-state index in [1.807, 2.05) is 53.8 Å². The van der Waals surface area contributed by atoms with Crippen molar-refractivity contribution in [2.75, 3.05) is 12.3 Å². The maximum atomic E-state index is 13.4. The number of amides is 1. The zero-order valence-corrected chi connectivity index (χ0v) is 29.7. The SMILES string of the molecule is Cn1cc(C(=O)C2CCCCC2)c2cc(C(=O)NSc3ccc(CN(CCSc4ccccc4)Cc4ccc(SN)cc4)cc3)ccc21. The molecule has 6 nitrogen and oxygen atoms in total. The Labute approximate surface area is 296 Å². The van der Waals surface area contributed by atoms with Crippen molar-refractivity contribution in [3.8, 4) is 0 Å². The van der Waals surface area contributed by atoms with E-state index in [0.717, 1.165) is 77.3 Å². The van der Waals surface area contributed by atoms with Gasteiger partial charge in [0.15, 0.2) is 5.78 Å². The molecule has 1 aromatic heterocycles. The number of nitrogens with two attached hydrogens (primary N) is 1. The number of ketones is 1. The Bertz CT molecular complexity index is 1820. The molecule has 1 fully saturated rings. The fraction of sp³-hybridized carbons (Fsp3) is 0.282. The topological polar surface area (TPSA) is 80.4 Å². The van der Waals surface area contributed by atoms with E-state index in [0.29, 0.717) is 5.56 Å². The first-order chi connectivity index (χ1) is 23.5. The number of rotatable bonds is 14. The van der Waals surface area contributed by atoms with Gasteiger partial charge in [-0.05, 0) is 102 Å². The molecular formula is C39H42N4O2S3. The molecule has 1 heterocycles. The fourth-order valence-electron chi connectivity index (χ4n) is 6.35. The molecule has 0 aliphatic heterocycles. The molecule has 1 saturated carbocycles. The largest absolute Gasteiger partial charge is 0.350 e. The number of nitrogens with one attached hydrogen (secondary N) is 1. The van der Waals surface area contributed by atoms with Crippen LogP contribution in [0.3, 0.4) is 0 Å². The molecule has 0 unspecified atom stereocenters. The molecule has 6 rings (SSSR count). The first kappa shape index (κ1) is 34.4. The van der Waals surface area contributed by atoms with Gasteiger partial charge in [-0.3, -0.25) is 24.4 Å². The first-order valence-electron chi connectivity index (χ1n) is 16.5. The lowest BCUT2D eigenvalue weighted by atomic mass is 9.84. The minimum absolute atomic E-state index is 0.0858. The van der Waals surface area contributed by atoms with Crippen LogP contribution in [-0.2, 0) is 20.1 Å². The van der Waals surface area contributed by atoms with Gasteiger partial charge in [0.2, 0.25) is 0 Å². The Hall–Kier alpha value is -3.47. The first-order valence-corrected chi connectivity index (χ1v) is 19.2. The third kappa shape index (κ3) is 8.95. The molecule has 4 aromatic carbocycles. The van der Waals surface area contributed by atoms with Crippen molar-refractivity contribution in [2.24, 2.45) is 18.1 Å². The average molecular weight is 695 g/mol. The molecule has 248 valence electrons. The number of aromatic nitrogens is 1. The predicted molar refractivity (Wildman–Crippen MR) is 201 cm³/mol. The number of fused-ring (bicyclic) bond motifs is 1. The molecule has 48 heavy (non-hydrogen) atoms. The lowest BCUT2D eigenvalue weighted by molar-refractivity contribution is 0.0890. The van der Waals surface area contributed by atoms with Crippen LogP contribution in [0.5, 0.6) is 0 Å². The van der Waals surface area contributed by atoms with Crippen molar-refractivity contribution in [1.82, 2.24) is 14.2 Å². The highest BCUT2D eigenvalue weighted by molar-refractivity contribution is 7.99. The number of Topliss-reactive ketones (excluding diaryl/α,β-unsaturated/α-hetero) is 1. The zero-order valence-electron chi connectivity index (χ0n) is 27.3. The summed E-state index contributed by atoms with van der Waals surface area (Å²) in [5.41, 5.74) is 4.73. The van der Waals surface area contributed by atoms with Gasteiger partial charge in [0.25, 0.3) is 5.91 Å². The summed E-state index contributed by atoms with van der Waals surface area (Å²) in [6, 6.07) is 33.0. The maximum absolute atomic E-state index is 13.4. The van der Waals surface area contributed by atoms with Crippen molar-refractivity contribution in [3.05, 3.63) is 126 Å². The van der Waals surface area contributed by atoms with Gasteiger partial charge in [0.05, 0.1) is 0 Å². The van der Waals surface area contributed by atoms with E-state index in [2.05, 4.69) is 82.4 Å². The second kappa shape index (κ2) is 16.8. The number of hydrogen-bond acceptors (Lipinski definition) is 7. The Morgan fingerprint density at radius 2 is 1.50 bits per heavy atom.